The van der Waals surface area contributed by atoms with E-state index in [4.69, 9.17) is 14.2 Å². The van der Waals surface area contributed by atoms with Crippen molar-refractivity contribution in [3.8, 4) is 11.5 Å². The number of hydrogen-bond donors (Lipinski definition) is 1. The predicted octanol–water partition coefficient (Wildman–Crippen LogP) is 6.25. The molecule has 0 aliphatic heterocycles. The van der Waals surface area contributed by atoms with Crippen LogP contribution in [0.15, 0.2) is 90.5 Å². The van der Waals surface area contributed by atoms with Gasteiger partial charge in [-0.2, -0.15) is 4.31 Å². The van der Waals surface area contributed by atoms with E-state index in [1.165, 1.54) is 0 Å². The van der Waals surface area contributed by atoms with Crippen LogP contribution >= 0.6 is 0 Å². The maximum Gasteiger partial charge on any atom is 0.338 e. The third kappa shape index (κ3) is 7.82. The molecule has 0 spiro atoms. The van der Waals surface area contributed by atoms with E-state index < -0.39 is 16.1 Å². The van der Waals surface area contributed by atoms with E-state index >= 15 is 0 Å². The normalized spacial score (nSPS) is 22.2. The summed E-state index contributed by atoms with van der Waals surface area (Å²) in [5.41, 5.74) is 2.86. The zero-order valence-corrected chi connectivity index (χ0v) is 27.9. The molecular formula is C37H45NO7S. The van der Waals surface area contributed by atoms with E-state index in [1.54, 1.807) is 42.8 Å². The third-order valence-electron chi connectivity index (χ3n) is 9.82. The number of nitrogens with zero attached hydrogens (tertiary/aromatic N) is 1. The molecule has 0 radical (unpaired) electrons. The molecule has 3 aromatic carbocycles. The van der Waals surface area contributed by atoms with Crippen LogP contribution in [0.3, 0.4) is 0 Å². The molecule has 0 unspecified atom stereocenters. The standard InChI is InChI=1S/C37H45NO7S/c1-26(37(2)20-31(21-37)35(39)34-19-14-30(34)24-45-36(40)29-8-6-5-7-9-29)25-46(41,42)38(22-27-10-15-32(43-3)16-11-27)23-28-12-17-33(44-4)18-13-28/h5-13,15-18,20,26,30,34-35,39H,14,19,21-25H2,1-4H3/t26-,30+,34-,35+,37-/m1/s1. The molecule has 1 saturated carbocycles. The summed E-state index contributed by atoms with van der Waals surface area (Å²) in [5, 5.41) is 11.2. The Balaban J connectivity index is 1.22. The van der Waals surface area contributed by atoms with Crippen molar-refractivity contribution in [1.29, 1.82) is 0 Å². The number of rotatable bonds is 15. The van der Waals surface area contributed by atoms with Crippen molar-refractivity contribution in [3.05, 3.63) is 107 Å². The van der Waals surface area contributed by atoms with Crippen molar-refractivity contribution in [3.63, 3.8) is 0 Å². The Kier molecular flexibility index (Phi) is 10.6. The molecule has 0 heterocycles. The van der Waals surface area contributed by atoms with Gasteiger partial charge in [0.05, 0.1) is 38.2 Å². The number of aliphatic hydroxyl groups is 1. The van der Waals surface area contributed by atoms with Crippen LogP contribution in [0.1, 0.15) is 54.6 Å². The fraction of sp³-hybridized carbons (Fsp3) is 0.432. The molecular weight excluding hydrogens is 602 g/mol. The second-order valence-corrected chi connectivity index (χ2v) is 15.0. The van der Waals surface area contributed by atoms with Crippen LogP contribution in [0, 0.1) is 23.2 Å². The minimum absolute atomic E-state index is 0.0167. The van der Waals surface area contributed by atoms with Crippen LogP contribution < -0.4 is 9.47 Å². The molecule has 0 bridgehead atoms. The number of aliphatic hydroxyl groups excluding tert-OH is 1. The first kappa shape index (κ1) is 33.7. The minimum atomic E-state index is -3.67. The molecule has 2 aliphatic carbocycles. The summed E-state index contributed by atoms with van der Waals surface area (Å²) in [6.07, 6.45) is 3.86. The first-order chi connectivity index (χ1) is 22.0. The number of methoxy groups -OCH3 is 2. The Morgan fingerprint density at radius 1 is 0.913 bits per heavy atom. The Hall–Kier alpha value is -3.66. The van der Waals surface area contributed by atoms with Gasteiger partial charge in [-0.25, -0.2) is 13.2 Å². The second-order valence-electron chi connectivity index (χ2n) is 13.0. The summed E-state index contributed by atoms with van der Waals surface area (Å²) in [6.45, 7) is 4.80. The quantitative estimate of drug-likeness (QED) is 0.154. The van der Waals surface area contributed by atoms with Crippen molar-refractivity contribution in [2.45, 2.75) is 52.3 Å². The number of hydrogen-bond acceptors (Lipinski definition) is 7. The van der Waals surface area contributed by atoms with E-state index in [0.29, 0.717) is 23.5 Å². The van der Waals surface area contributed by atoms with E-state index in [1.807, 2.05) is 61.5 Å². The van der Waals surface area contributed by atoms with Crippen LogP contribution in [0.5, 0.6) is 11.5 Å². The third-order valence-corrected chi connectivity index (χ3v) is 11.8. The molecule has 9 heteroatoms. The summed E-state index contributed by atoms with van der Waals surface area (Å²) < 4.78 is 45.7. The Morgan fingerprint density at radius 3 is 1.93 bits per heavy atom. The predicted molar refractivity (Wildman–Crippen MR) is 178 cm³/mol. The van der Waals surface area contributed by atoms with Gasteiger partial charge in [0.1, 0.15) is 11.5 Å². The van der Waals surface area contributed by atoms with Gasteiger partial charge in [-0.1, -0.05) is 62.4 Å². The smallest absolute Gasteiger partial charge is 0.338 e. The molecule has 8 nitrogen and oxygen atoms in total. The molecule has 2 aliphatic rings. The van der Waals surface area contributed by atoms with Crippen molar-refractivity contribution < 1.29 is 32.5 Å². The van der Waals surface area contributed by atoms with Gasteiger partial charge in [-0.05, 0) is 95.5 Å². The average molecular weight is 648 g/mol. The molecule has 1 N–H and O–H groups in total. The van der Waals surface area contributed by atoms with Crippen LogP contribution in [-0.4, -0.2) is 56.5 Å². The van der Waals surface area contributed by atoms with Gasteiger partial charge in [0.25, 0.3) is 0 Å². The summed E-state index contributed by atoms with van der Waals surface area (Å²) in [4.78, 5) is 12.4. The molecule has 0 aromatic heterocycles. The number of esters is 1. The SMILES string of the molecule is COc1ccc(CN(Cc2ccc(OC)cc2)S(=O)(=O)C[C@@H](C)[C@]2(C)C=C([C@H](O)[C@@H]3CC[C@H]3COC(=O)c3ccccc3)C2)cc1. The van der Waals surface area contributed by atoms with E-state index in [0.717, 1.165) is 29.5 Å². The molecule has 246 valence electrons. The first-order valence-corrected chi connectivity index (χ1v) is 17.5. The lowest BCUT2D eigenvalue weighted by atomic mass is 9.60. The molecule has 3 aromatic rings. The van der Waals surface area contributed by atoms with Crippen molar-refractivity contribution >= 4 is 16.0 Å². The monoisotopic (exact) mass is 647 g/mol. The average Bonchev–Trinajstić information content (AvgIpc) is 3.03. The van der Waals surface area contributed by atoms with E-state index in [2.05, 4.69) is 13.0 Å². The Labute approximate surface area is 273 Å². The molecule has 5 rings (SSSR count). The number of carbonyl (C=O) groups is 1. The highest BCUT2D eigenvalue weighted by Crippen LogP contribution is 2.50. The number of ether oxygens (including phenoxy) is 3. The van der Waals surface area contributed by atoms with Gasteiger partial charge in [-0.3, -0.25) is 0 Å². The van der Waals surface area contributed by atoms with Crippen LogP contribution in [0.25, 0.3) is 0 Å². The molecule has 46 heavy (non-hydrogen) atoms. The van der Waals surface area contributed by atoms with Crippen LogP contribution in [0.2, 0.25) is 0 Å². The molecule has 0 amide bonds. The zero-order valence-electron chi connectivity index (χ0n) is 27.1. The molecule has 5 atom stereocenters. The highest BCUT2D eigenvalue weighted by Gasteiger charge is 2.46. The minimum Gasteiger partial charge on any atom is -0.497 e. The second kappa shape index (κ2) is 14.4. The molecule has 0 saturated heterocycles. The fourth-order valence-corrected chi connectivity index (χ4v) is 8.32. The molecule has 1 fully saturated rings. The van der Waals surface area contributed by atoms with E-state index in [9.17, 15) is 18.3 Å². The number of carbonyl (C=O) groups excluding carboxylic acids is 1. The lowest BCUT2D eigenvalue weighted by Gasteiger charge is -2.47. The number of benzene rings is 3. The highest BCUT2D eigenvalue weighted by molar-refractivity contribution is 7.89. The first-order valence-electron chi connectivity index (χ1n) is 15.9. The highest BCUT2D eigenvalue weighted by atomic mass is 32.2. The van der Waals surface area contributed by atoms with Gasteiger partial charge in [0.15, 0.2) is 0 Å². The Bertz CT molecular complexity index is 1560. The lowest BCUT2D eigenvalue weighted by Crippen LogP contribution is -2.45. The maximum absolute atomic E-state index is 14.0. The summed E-state index contributed by atoms with van der Waals surface area (Å²) >= 11 is 0. The topological polar surface area (TPSA) is 102 Å². The van der Waals surface area contributed by atoms with Gasteiger partial charge in [-0.15, -0.1) is 0 Å². The summed E-state index contributed by atoms with van der Waals surface area (Å²) in [5.74, 6) is 1.03. The summed E-state index contributed by atoms with van der Waals surface area (Å²) in [7, 11) is -0.468. The number of allylic oxidation sites excluding steroid dienone is 1. The van der Waals surface area contributed by atoms with Crippen LogP contribution in [0.4, 0.5) is 0 Å². The van der Waals surface area contributed by atoms with Gasteiger partial charge < -0.3 is 19.3 Å². The van der Waals surface area contributed by atoms with Gasteiger partial charge >= 0.3 is 5.97 Å². The van der Waals surface area contributed by atoms with E-state index in [-0.39, 0.29) is 54.6 Å². The summed E-state index contributed by atoms with van der Waals surface area (Å²) in [6, 6.07) is 23.8. The fourth-order valence-electron chi connectivity index (χ4n) is 6.41. The van der Waals surface area contributed by atoms with Crippen molar-refractivity contribution in [2.75, 3.05) is 26.6 Å². The van der Waals surface area contributed by atoms with Gasteiger partial charge in [0, 0.05) is 13.1 Å². The van der Waals surface area contributed by atoms with Gasteiger partial charge in [0.2, 0.25) is 10.0 Å². The number of sulfonamides is 1. The Morgan fingerprint density at radius 2 is 1.46 bits per heavy atom. The van der Waals surface area contributed by atoms with Crippen LogP contribution in [-0.2, 0) is 27.8 Å². The maximum atomic E-state index is 14.0. The zero-order chi connectivity index (χ0) is 32.9. The largest absolute Gasteiger partial charge is 0.497 e. The van der Waals surface area contributed by atoms with Crippen molar-refractivity contribution in [2.24, 2.45) is 23.2 Å². The lowest BCUT2D eigenvalue weighted by molar-refractivity contribution is -0.0167. The van der Waals surface area contributed by atoms with Crippen molar-refractivity contribution in [1.82, 2.24) is 4.31 Å².